The second-order valence-corrected chi connectivity index (χ2v) is 4.82. The average Bonchev–Trinajstić information content (AvgIpc) is 2.76. The van der Waals surface area contributed by atoms with Crippen LogP contribution >= 0.6 is 11.3 Å². The molecule has 0 spiro atoms. The van der Waals surface area contributed by atoms with Crippen molar-refractivity contribution in [2.45, 2.75) is 6.92 Å². The molecule has 0 fully saturated rings. The second-order valence-electron chi connectivity index (χ2n) is 3.80. The summed E-state index contributed by atoms with van der Waals surface area (Å²) >= 11 is 1.06. The van der Waals surface area contributed by atoms with Crippen LogP contribution in [-0.2, 0) is 4.79 Å². The van der Waals surface area contributed by atoms with Gasteiger partial charge in [0.25, 0.3) is 5.91 Å². The fourth-order valence-electron chi connectivity index (χ4n) is 1.63. The molecule has 20 heavy (non-hydrogen) atoms. The Kier molecular flexibility index (Phi) is 4.08. The van der Waals surface area contributed by atoms with Gasteiger partial charge in [0.05, 0.1) is 10.4 Å². The van der Waals surface area contributed by atoms with E-state index in [1.54, 1.807) is 31.3 Å². The van der Waals surface area contributed by atoms with E-state index in [9.17, 15) is 9.59 Å². The molecule has 0 radical (unpaired) electrons. The molecule has 0 aliphatic carbocycles. The zero-order chi connectivity index (χ0) is 14.5. The van der Waals surface area contributed by atoms with Crippen molar-refractivity contribution in [2.75, 3.05) is 10.6 Å². The van der Waals surface area contributed by atoms with Crippen molar-refractivity contribution < 1.29 is 9.59 Å². The number of nitriles is 1. The van der Waals surface area contributed by atoms with Gasteiger partial charge in [-0.1, -0.05) is 6.07 Å². The molecule has 0 bridgehead atoms. The van der Waals surface area contributed by atoms with Gasteiger partial charge in [0, 0.05) is 6.20 Å². The van der Waals surface area contributed by atoms with Gasteiger partial charge >= 0.3 is 0 Å². The summed E-state index contributed by atoms with van der Waals surface area (Å²) in [6.45, 7) is 1.67. The van der Waals surface area contributed by atoms with E-state index in [-0.39, 0.29) is 5.91 Å². The third-order valence-electron chi connectivity index (χ3n) is 2.56. The Labute approximate surface area is 119 Å². The summed E-state index contributed by atoms with van der Waals surface area (Å²) in [4.78, 5) is 27.0. The van der Waals surface area contributed by atoms with Crippen molar-refractivity contribution >= 4 is 34.5 Å². The lowest BCUT2D eigenvalue weighted by atomic mass is 10.1. The third-order valence-corrected chi connectivity index (χ3v) is 3.78. The normalized spacial score (nSPS) is 9.60. The van der Waals surface area contributed by atoms with Crippen molar-refractivity contribution in [3.63, 3.8) is 0 Å². The summed E-state index contributed by atoms with van der Waals surface area (Å²) in [5.74, 6) is 0.0651. The van der Waals surface area contributed by atoms with Gasteiger partial charge in [-0.3, -0.25) is 9.59 Å². The largest absolute Gasteiger partial charge is 0.319 e. The van der Waals surface area contributed by atoms with Gasteiger partial charge in [0.15, 0.2) is 0 Å². The van der Waals surface area contributed by atoms with Crippen molar-refractivity contribution in [1.82, 2.24) is 4.98 Å². The molecule has 0 aromatic carbocycles. The average molecular weight is 286 g/mol. The number of carbonyl (C=O) groups is 2. The van der Waals surface area contributed by atoms with Gasteiger partial charge in [-0.25, -0.2) is 4.98 Å². The minimum absolute atomic E-state index is 0.299. The first-order valence-electron chi connectivity index (χ1n) is 5.63. The molecule has 2 aromatic rings. The molecule has 100 valence electrons. The summed E-state index contributed by atoms with van der Waals surface area (Å²) in [7, 11) is 0. The number of amides is 2. The number of rotatable bonds is 4. The lowest BCUT2D eigenvalue weighted by Gasteiger charge is -2.02. The summed E-state index contributed by atoms with van der Waals surface area (Å²) in [5, 5.41) is 14.5. The lowest BCUT2D eigenvalue weighted by Crippen LogP contribution is -2.12. The number of nitrogens with zero attached hydrogens (tertiary/aromatic N) is 2. The van der Waals surface area contributed by atoms with Crippen molar-refractivity contribution in [1.29, 1.82) is 5.26 Å². The van der Waals surface area contributed by atoms with Crippen molar-refractivity contribution in [2.24, 2.45) is 0 Å². The number of anilines is 2. The quantitative estimate of drug-likeness (QED) is 0.842. The SMILES string of the molecule is Cc1c(C(=O)Nc2ccccn2)sc(NC=O)c1C#N. The summed E-state index contributed by atoms with van der Waals surface area (Å²) in [5.41, 5.74) is 0.837. The van der Waals surface area contributed by atoms with Gasteiger partial charge in [0.1, 0.15) is 16.9 Å². The molecule has 2 aromatic heterocycles. The predicted octanol–water partition coefficient (Wildman–Crippen LogP) is 2.14. The van der Waals surface area contributed by atoms with Gasteiger partial charge in [-0.05, 0) is 24.6 Å². The molecule has 0 saturated heterocycles. The molecule has 0 unspecified atom stereocenters. The molecule has 0 atom stereocenters. The summed E-state index contributed by atoms with van der Waals surface area (Å²) in [6, 6.07) is 7.14. The van der Waals surface area contributed by atoms with Crippen LogP contribution in [0.15, 0.2) is 24.4 Å². The first-order chi connectivity index (χ1) is 9.67. The first kappa shape index (κ1) is 13.7. The Morgan fingerprint density at radius 2 is 2.30 bits per heavy atom. The summed E-state index contributed by atoms with van der Waals surface area (Å²) in [6.07, 6.45) is 2.05. The van der Waals surface area contributed by atoms with Crippen LogP contribution in [0.2, 0.25) is 0 Å². The van der Waals surface area contributed by atoms with Gasteiger partial charge in [-0.2, -0.15) is 5.26 Å². The smallest absolute Gasteiger partial charge is 0.267 e. The van der Waals surface area contributed by atoms with E-state index in [1.807, 2.05) is 6.07 Å². The Morgan fingerprint density at radius 1 is 1.50 bits per heavy atom. The molecule has 2 amide bonds. The molecule has 2 heterocycles. The molecule has 2 rings (SSSR count). The van der Waals surface area contributed by atoms with Crippen LogP contribution in [0.5, 0.6) is 0 Å². The van der Waals surface area contributed by atoms with Crippen LogP contribution in [0.25, 0.3) is 0 Å². The van der Waals surface area contributed by atoms with Gasteiger partial charge in [-0.15, -0.1) is 11.3 Å². The minimum atomic E-state index is -0.360. The Hall–Kier alpha value is -2.72. The second kappa shape index (κ2) is 5.95. The molecular formula is C13H10N4O2S. The van der Waals surface area contributed by atoms with Crippen LogP contribution in [0.1, 0.15) is 20.8 Å². The number of thiophene rings is 1. The van der Waals surface area contributed by atoms with Gasteiger partial charge < -0.3 is 10.6 Å². The van der Waals surface area contributed by atoms with Crippen LogP contribution < -0.4 is 10.6 Å². The van der Waals surface area contributed by atoms with Gasteiger partial charge in [0.2, 0.25) is 6.41 Å². The summed E-state index contributed by atoms with van der Waals surface area (Å²) < 4.78 is 0. The third kappa shape index (κ3) is 2.65. The van der Waals surface area contributed by atoms with E-state index in [4.69, 9.17) is 5.26 Å². The number of hydrogen-bond acceptors (Lipinski definition) is 5. The van der Waals surface area contributed by atoms with E-state index in [0.717, 1.165) is 11.3 Å². The molecule has 0 aliphatic rings. The number of carbonyl (C=O) groups excluding carboxylic acids is 2. The van der Waals surface area contributed by atoms with E-state index < -0.39 is 0 Å². The first-order valence-corrected chi connectivity index (χ1v) is 6.45. The standard InChI is InChI=1S/C13H10N4O2S/c1-8-9(6-14)13(16-7-18)20-11(8)12(19)17-10-4-2-3-5-15-10/h2-5,7H,1H3,(H,16,18)(H,15,17,19). The zero-order valence-electron chi connectivity index (χ0n) is 10.5. The Balaban J connectivity index is 2.31. The highest BCUT2D eigenvalue weighted by molar-refractivity contribution is 7.18. The topological polar surface area (TPSA) is 94.9 Å². The van der Waals surface area contributed by atoms with Crippen LogP contribution in [-0.4, -0.2) is 17.3 Å². The maximum atomic E-state index is 12.2. The molecule has 2 N–H and O–H groups in total. The van der Waals surface area contributed by atoms with E-state index in [2.05, 4.69) is 15.6 Å². The van der Waals surface area contributed by atoms with E-state index in [0.29, 0.717) is 33.2 Å². The Morgan fingerprint density at radius 3 is 2.90 bits per heavy atom. The van der Waals surface area contributed by atoms with Crippen molar-refractivity contribution in [3.8, 4) is 6.07 Å². The number of pyridine rings is 1. The number of hydrogen-bond donors (Lipinski definition) is 2. The fourth-order valence-corrected chi connectivity index (χ4v) is 2.64. The molecular weight excluding hydrogens is 276 g/mol. The maximum absolute atomic E-state index is 12.2. The van der Waals surface area contributed by atoms with Crippen LogP contribution in [0.3, 0.4) is 0 Å². The monoisotopic (exact) mass is 286 g/mol. The fraction of sp³-hybridized carbons (Fsp3) is 0.0769. The molecule has 7 heteroatoms. The highest BCUT2D eigenvalue weighted by atomic mass is 32.1. The highest BCUT2D eigenvalue weighted by Gasteiger charge is 2.20. The number of nitrogens with one attached hydrogen (secondary N) is 2. The number of aromatic nitrogens is 1. The van der Waals surface area contributed by atoms with Crippen LogP contribution in [0, 0.1) is 18.3 Å². The van der Waals surface area contributed by atoms with Crippen molar-refractivity contribution in [3.05, 3.63) is 40.4 Å². The Bertz CT molecular complexity index is 688. The minimum Gasteiger partial charge on any atom is -0.319 e. The lowest BCUT2D eigenvalue weighted by molar-refractivity contribution is -0.105. The maximum Gasteiger partial charge on any atom is 0.267 e. The predicted molar refractivity (Wildman–Crippen MR) is 75.6 cm³/mol. The van der Waals surface area contributed by atoms with E-state index in [1.165, 1.54) is 0 Å². The van der Waals surface area contributed by atoms with Crippen LogP contribution in [0.4, 0.5) is 10.8 Å². The molecule has 0 saturated carbocycles. The highest BCUT2D eigenvalue weighted by Crippen LogP contribution is 2.32. The van der Waals surface area contributed by atoms with E-state index >= 15 is 0 Å². The zero-order valence-corrected chi connectivity index (χ0v) is 11.3. The molecule has 6 nitrogen and oxygen atoms in total. The molecule has 0 aliphatic heterocycles.